The molecule has 0 spiro atoms. The predicted octanol–water partition coefficient (Wildman–Crippen LogP) is 16.4. The lowest BCUT2D eigenvalue weighted by atomic mass is 9.85. The molecule has 9 rings (SSSR count). The Morgan fingerprint density at radius 1 is 0.279 bits per heavy atom. The third-order valence-corrected chi connectivity index (χ3v) is 21.3. The largest absolute Gasteiger partial charge is 0.310 e. The van der Waals surface area contributed by atoms with Crippen molar-refractivity contribution in [1.82, 2.24) is 0 Å². The molecule has 0 aliphatic carbocycles. The summed E-state index contributed by atoms with van der Waals surface area (Å²) in [5.74, 6) is 0. The summed E-state index contributed by atoms with van der Waals surface area (Å²) in [5.41, 5.74) is 5.62. The van der Waals surface area contributed by atoms with E-state index in [1.807, 2.05) is 36.4 Å². The van der Waals surface area contributed by atoms with Crippen LogP contribution in [0, 0.1) is 0 Å². The summed E-state index contributed by atoms with van der Waals surface area (Å²) >= 11 is 0. The molecule has 342 valence electrons. The molecular weight excluding hydrogens is 885 g/mol. The Bertz CT molecular complexity index is 3400. The number of hydrogen-bond donors (Lipinski definition) is 0. The quantitative estimate of drug-likeness (QED) is 0.0889. The van der Waals surface area contributed by atoms with Gasteiger partial charge in [0.2, 0.25) is 0 Å². The summed E-state index contributed by atoms with van der Waals surface area (Å²) in [7, 11) is -6.80. The number of hydrogen-bond acceptors (Lipinski definition) is 2. The summed E-state index contributed by atoms with van der Waals surface area (Å²) in [6.45, 7) is 27.8. The lowest BCUT2D eigenvalue weighted by Gasteiger charge is -2.29. The Kier molecular flexibility index (Phi) is 9.60. The molecule has 2 nitrogen and oxygen atoms in total. The zero-order chi connectivity index (χ0) is 56.9. The minimum atomic E-state index is -1.70. The Morgan fingerprint density at radius 2 is 0.515 bits per heavy atom. The van der Waals surface area contributed by atoms with E-state index in [4.69, 9.17) is 8.22 Å². The average Bonchev–Trinajstić information content (AvgIpc) is 3.57. The number of benzene rings is 9. The van der Waals surface area contributed by atoms with Crippen molar-refractivity contribution >= 4 is 109 Å². The number of rotatable bonds is 12. The molecule has 6 heteroatoms. The van der Waals surface area contributed by atoms with Crippen molar-refractivity contribution in [1.29, 1.82) is 0 Å². The maximum atomic E-state index is 9.59. The van der Waals surface area contributed by atoms with Crippen LogP contribution in [0.3, 0.4) is 0 Å². The third-order valence-electron chi connectivity index (χ3n) is 13.1. The second-order valence-corrected chi connectivity index (χ2v) is 42.4. The fourth-order valence-electron chi connectivity index (χ4n) is 9.11. The predicted molar refractivity (Wildman–Crippen MR) is 314 cm³/mol. The number of fused-ring (bicyclic) bond motifs is 2. The highest BCUT2D eigenvalue weighted by Gasteiger charge is 2.25. The molecule has 0 aliphatic heterocycles. The van der Waals surface area contributed by atoms with Crippen molar-refractivity contribution in [3.8, 4) is 22.3 Å². The van der Waals surface area contributed by atoms with E-state index >= 15 is 0 Å². The van der Waals surface area contributed by atoms with Crippen molar-refractivity contribution in [2.24, 2.45) is 0 Å². The minimum Gasteiger partial charge on any atom is -0.310 e. The molecule has 0 fully saturated rings. The summed E-state index contributed by atoms with van der Waals surface area (Å²) in [6.07, 6.45) is 0. The van der Waals surface area contributed by atoms with Gasteiger partial charge in [-0.15, -0.1) is 0 Å². The first-order chi connectivity index (χ1) is 36.4. The SMILES string of the molecule is [2H]c1c([2H])c([2H])c(-c2c3ccc(N(c4ccc([Si](C)(C)C)cc4)c4ccc([Si](C)(C)C)cc4)cc3c(-c3c([2H])c([2H])c([2H])c([2H])c3[2H])c3ccc(N(c4ccc([Si](C)(C)C)cc4)c4ccc([Si](C)(C)C)cc4)cc23)c([2H])c1[2H]. The lowest BCUT2D eigenvalue weighted by Crippen LogP contribution is -2.37. The maximum Gasteiger partial charge on any atom is 0.0775 e. The van der Waals surface area contributed by atoms with Gasteiger partial charge in [0.15, 0.2) is 0 Å². The topological polar surface area (TPSA) is 6.48 Å². The van der Waals surface area contributed by atoms with Crippen LogP contribution < -0.4 is 30.5 Å². The van der Waals surface area contributed by atoms with Crippen LogP contribution in [0.5, 0.6) is 0 Å². The molecule has 0 unspecified atom stereocenters. The zero-order valence-electron chi connectivity index (χ0n) is 51.6. The molecule has 0 saturated heterocycles. The van der Waals surface area contributed by atoms with Gasteiger partial charge >= 0.3 is 0 Å². The molecule has 0 aromatic heterocycles. The van der Waals surface area contributed by atoms with Gasteiger partial charge in [0.1, 0.15) is 0 Å². The van der Waals surface area contributed by atoms with Crippen molar-refractivity contribution in [3.05, 3.63) is 194 Å². The molecule has 0 N–H and O–H groups in total. The van der Waals surface area contributed by atoms with E-state index in [2.05, 4.69) is 185 Å². The van der Waals surface area contributed by atoms with E-state index in [1.165, 1.54) is 20.7 Å². The van der Waals surface area contributed by atoms with Crippen molar-refractivity contribution < 1.29 is 13.7 Å². The number of anilines is 6. The lowest BCUT2D eigenvalue weighted by molar-refractivity contribution is 1.29. The van der Waals surface area contributed by atoms with Gasteiger partial charge in [0.05, 0.1) is 46.0 Å². The van der Waals surface area contributed by atoms with Gasteiger partial charge in [-0.25, -0.2) is 0 Å². The second kappa shape index (κ2) is 18.1. The van der Waals surface area contributed by atoms with E-state index in [0.29, 0.717) is 44.0 Å². The molecule has 68 heavy (non-hydrogen) atoms. The molecule has 9 aromatic carbocycles. The number of nitrogens with zero attached hydrogens (tertiary/aromatic N) is 2. The molecule has 0 radical (unpaired) electrons. The van der Waals surface area contributed by atoms with Gasteiger partial charge in [-0.2, -0.15) is 0 Å². The van der Waals surface area contributed by atoms with Crippen LogP contribution in [0.15, 0.2) is 194 Å². The Labute approximate surface area is 425 Å². The normalized spacial score (nSPS) is 14.5. The van der Waals surface area contributed by atoms with Crippen molar-refractivity contribution in [3.63, 3.8) is 0 Å². The summed E-state index contributed by atoms with van der Waals surface area (Å²) in [6, 6.07) is 41.6. The van der Waals surface area contributed by atoms with Gasteiger partial charge in [-0.1, -0.05) is 220 Å². The highest BCUT2D eigenvalue weighted by Crippen LogP contribution is 2.48. The van der Waals surface area contributed by atoms with Crippen LogP contribution in [0.1, 0.15) is 13.7 Å². The van der Waals surface area contributed by atoms with Crippen LogP contribution in [-0.2, 0) is 0 Å². The molecule has 0 atom stereocenters. The molecule has 0 aliphatic rings. The third kappa shape index (κ3) is 9.52. The van der Waals surface area contributed by atoms with Crippen LogP contribution >= 0.6 is 0 Å². The first kappa shape index (κ1) is 36.0. The summed E-state index contributed by atoms with van der Waals surface area (Å²) in [4.78, 5) is 4.31. The Hall–Kier alpha value is -6.03. The van der Waals surface area contributed by atoms with Gasteiger partial charge in [0, 0.05) is 34.1 Å². The van der Waals surface area contributed by atoms with Crippen molar-refractivity contribution in [2.45, 2.75) is 78.6 Å². The highest BCUT2D eigenvalue weighted by molar-refractivity contribution is 6.90. The first-order valence-electron chi connectivity index (χ1n) is 28.6. The molecule has 0 amide bonds. The first-order valence-corrected chi connectivity index (χ1v) is 37.6. The summed E-state index contributed by atoms with van der Waals surface area (Å²) in [5, 5.41) is 7.05. The molecule has 0 bridgehead atoms. The van der Waals surface area contributed by atoms with E-state index in [0.717, 1.165) is 22.7 Å². The highest BCUT2D eigenvalue weighted by atomic mass is 28.3. The molecular formula is C62H68N2Si4. The standard InChI is InChI=1S/C62H68N2Si4/c1-65(2,3)53-33-23-47(24-34-53)63(48-25-35-54(36-26-48)66(4,5)6)51-31-41-57-59(43-51)61(45-19-15-13-16-20-45)58-42-32-52(44-60(58)62(57)46-21-17-14-18-22-46)64(49-27-37-55(38-28-49)67(7,8)9)50-29-39-56(40-30-50)68(10,11)12/h13-44H,1-12H3/i13D,14D,15D,16D,17D,18D,19D,20D,21D,22D. The Morgan fingerprint density at radius 3 is 0.750 bits per heavy atom. The van der Waals surface area contributed by atoms with Crippen LogP contribution in [0.2, 0.25) is 78.6 Å². The van der Waals surface area contributed by atoms with E-state index < -0.39 is 68.6 Å². The van der Waals surface area contributed by atoms with Crippen molar-refractivity contribution in [2.75, 3.05) is 9.80 Å². The van der Waals surface area contributed by atoms with E-state index in [-0.39, 0.29) is 35.3 Å². The minimum absolute atomic E-state index is 0.0141. The van der Waals surface area contributed by atoms with Crippen LogP contribution in [0.25, 0.3) is 43.8 Å². The van der Waals surface area contributed by atoms with E-state index in [1.54, 1.807) is 0 Å². The summed E-state index contributed by atoms with van der Waals surface area (Å²) < 4.78 is 91.9. The zero-order valence-corrected chi connectivity index (χ0v) is 45.6. The maximum absolute atomic E-state index is 9.59. The Balaban J connectivity index is 1.46. The van der Waals surface area contributed by atoms with Gasteiger partial charge in [-0.3, -0.25) is 0 Å². The second-order valence-electron chi connectivity index (χ2n) is 22.1. The molecule has 0 heterocycles. The van der Waals surface area contributed by atoms with E-state index in [9.17, 15) is 5.48 Å². The molecule has 9 aromatic rings. The van der Waals surface area contributed by atoms with Crippen LogP contribution in [0.4, 0.5) is 34.1 Å². The fourth-order valence-corrected chi connectivity index (χ4v) is 13.8. The molecule has 0 saturated carbocycles. The smallest absolute Gasteiger partial charge is 0.0775 e. The van der Waals surface area contributed by atoms with Crippen LogP contribution in [-0.4, -0.2) is 32.3 Å². The van der Waals surface area contributed by atoms with Gasteiger partial charge in [-0.05, 0) is 117 Å². The monoisotopic (exact) mass is 963 g/mol. The average molecular weight is 964 g/mol. The van der Waals surface area contributed by atoms with Gasteiger partial charge < -0.3 is 9.80 Å². The fraction of sp³-hybridized carbons (Fsp3) is 0.194. The van der Waals surface area contributed by atoms with Gasteiger partial charge in [0.25, 0.3) is 0 Å².